The Bertz CT molecular complexity index is 715. The highest BCUT2D eigenvalue weighted by atomic mass is 19.1. The van der Waals surface area contributed by atoms with Crippen molar-refractivity contribution in [3.63, 3.8) is 0 Å². The van der Waals surface area contributed by atoms with Crippen LogP contribution in [0.2, 0.25) is 0 Å². The second kappa shape index (κ2) is 9.62. The summed E-state index contributed by atoms with van der Waals surface area (Å²) in [5, 5.41) is 17.2. The number of carbonyl (C=O) groups is 1. The molecule has 1 saturated heterocycles. The van der Waals surface area contributed by atoms with Gasteiger partial charge < -0.3 is 15.3 Å². The smallest absolute Gasteiger partial charge is 0.223 e. The van der Waals surface area contributed by atoms with Gasteiger partial charge in [-0.15, -0.1) is 0 Å². The molecular formula is C20H27FN4O2. The normalized spacial score (nSPS) is 17.0. The van der Waals surface area contributed by atoms with E-state index in [1.54, 1.807) is 29.1 Å². The summed E-state index contributed by atoms with van der Waals surface area (Å²) in [7, 11) is 0. The van der Waals surface area contributed by atoms with Gasteiger partial charge in [0.25, 0.3) is 0 Å². The molecule has 0 aliphatic carbocycles. The van der Waals surface area contributed by atoms with Gasteiger partial charge in [-0.05, 0) is 50.0 Å². The number of halogens is 1. The number of amides is 1. The Hall–Kier alpha value is -2.25. The van der Waals surface area contributed by atoms with Crippen LogP contribution in [-0.2, 0) is 17.8 Å². The molecule has 1 aliphatic heterocycles. The van der Waals surface area contributed by atoms with Gasteiger partial charge in [-0.2, -0.15) is 5.10 Å². The maximum Gasteiger partial charge on any atom is 0.223 e. The molecule has 146 valence electrons. The van der Waals surface area contributed by atoms with Gasteiger partial charge in [0, 0.05) is 31.4 Å². The van der Waals surface area contributed by atoms with Crippen LogP contribution in [0.4, 0.5) is 4.39 Å². The van der Waals surface area contributed by atoms with Crippen molar-refractivity contribution in [3.8, 4) is 0 Å². The lowest BCUT2D eigenvalue weighted by molar-refractivity contribution is -0.126. The number of aromatic nitrogens is 2. The molecule has 1 aromatic heterocycles. The second-order valence-electron chi connectivity index (χ2n) is 7.09. The van der Waals surface area contributed by atoms with E-state index < -0.39 is 6.10 Å². The van der Waals surface area contributed by atoms with Crippen molar-refractivity contribution in [2.24, 2.45) is 5.92 Å². The third-order valence-electron chi connectivity index (χ3n) is 5.04. The number of piperidine rings is 1. The molecule has 7 heteroatoms. The van der Waals surface area contributed by atoms with Crippen LogP contribution in [0.5, 0.6) is 0 Å². The van der Waals surface area contributed by atoms with E-state index in [0.717, 1.165) is 25.9 Å². The standard InChI is InChI=1S/C20H27FN4O2/c21-19-5-2-1-4-16(19)6-10-22-20(27)17-7-12-24(13-8-17)14-18(26)15-25-11-3-9-23-25/h1-5,9,11,17-18,26H,6-8,10,12-15H2,(H,22,27)/t18-/m0/s1. The molecule has 1 aliphatic rings. The van der Waals surface area contributed by atoms with Crippen LogP contribution in [-0.4, -0.2) is 58.0 Å². The van der Waals surface area contributed by atoms with E-state index in [9.17, 15) is 14.3 Å². The molecule has 1 aromatic carbocycles. The van der Waals surface area contributed by atoms with Crippen LogP contribution < -0.4 is 5.32 Å². The SMILES string of the molecule is O=C(NCCc1ccccc1F)C1CCN(C[C@H](O)Cn2cccn2)CC1. The Kier molecular flexibility index (Phi) is 6.95. The van der Waals surface area contributed by atoms with Crippen molar-refractivity contribution in [3.05, 3.63) is 54.1 Å². The van der Waals surface area contributed by atoms with Crippen LogP contribution in [0.25, 0.3) is 0 Å². The van der Waals surface area contributed by atoms with Gasteiger partial charge in [0.15, 0.2) is 0 Å². The third kappa shape index (κ3) is 5.87. The van der Waals surface area contributed by atoms with Gasteiger partial charge in [0.1, 0.15) is 5.82 Å². The molecule has 2 heterocycles. The van der Waals surface area contributed by atoms with E-state index in [0.29, 0.717) is 31.6 Å². The molecule has 1 fully saturated rings. The highest BCUT2D eigenvalue weighted by Crippen LogP contribution is 2.18. The summed E-state index contributed by atoms with van der Waals surface area (Å²) in [6.45, 7) is 3.09. The number of nitrogens with one attached hydrogen (secondary N) is 1. The second-order valence-corrected chi connectivity index (χ2v) is 7.09. The highest BCUT2D eigenvalue weighted by molar-refractivity contribution is 5.78. The van der Waals surface area contributed by atoms with E-state index in [-0.39, 0.29) is 17.6 Å². The van der Waals surface area contributed by atoms with Gasteiger partial charge >= 0.3 is 0 Å². The number of likely N-dealkylation sites (tertiary alicyclic amines) is 1. The number of hydrogen-bond acceptors (Lipinski definition) is 4. The molecule has 0 unspecified atom stereocenters. The fraction of sp³-hybridized carbons (Fsp3) is 0.500. The summed E-state index contributed by atoms with van der Waals surface area (Å²) in [6, 6.07) is 8.49. The number of aliphatic hydroxyl groups excluding tert-OH is 1. The molecule has 0 bridgehead atoms. The molecule has 2 N–H and O–H groups in total. The zero-order valence-corrected chi connectivity index (χ0v) is 15.4. The number of aliphatic hydroxyl groups is 1. The lowest BCUT2D eigenvalue weighted by Crippen LogP contribution is -2.44. The highest BCUT2D eigenvalue weighted by Gasteiger charge is 2.25. The van der Waals surface area contributed by atoms with Crippen LogP contribution in [0.1, 0.15) is 18.4 Å². The topological polar surface area (TPSA) is 70.4 Å². The first-order valence-electron chi connectivity index (χ1n) is 9.51. The molecule has 6 nitrogen and oxygen atoms in total. The van der Waals surface area contributed by atoms with Gasteiger partial charge in [0.05, 0.1) is 12.6 Å². The minimum Gasteiger partial charge on any atom is -0.390 e. The Morgan fingerprint density at radius 1 is 1.26 bits per heavy atom. The van der Waals surface area contributed by atoms with Crippen molar-refractivity contribution >= 4 is 5.91 Å². The van der Waals surface area contributed by atoms with E-state index in [1.807, 2.05) is 12.3 Å². The zero-order valence-electron chi connectivity index (χ0n) is 15.4. The van der Waals surface area contributed by atoms with Crippen molar-refractivity contribution in [2.45, 2.75) is 31.9 Å². The number of β-amino-alcohol motifs (C(OH)–C–C–N with tert-alkyl or cyclic N) is 1. The average Bonchev–Trinajstić information content (AvgIpc) is 3.16. The summed E-state index contributed by atoms with van der Waals surface area (Å²) < 4.78 is 15.3. The first-order valence-corrected chi connectivity index (χ1v) is 9.51. The number of hydrogen-bond donors (Lipinski definition) is 2. The fourth-order valence-electron chi connectivity index (χ4n) is 3.52. The van der Waals surface area contributed by atoms with Crippen LogP contribution in [0, 0.1) is 11.7 Å². The minimum absolute atomic E-state index is 0.00914. The van der Waals surface area contributed by atoms with Crippen molar-refractivity contribution in [2.75, 3.05) is 26.2 Å². The van der Waals surface area contributed by atoms with E-state index >= 15 is 0 Å². The Morgan fingerprint density at radius 2 is 2.04 bits per heavy atom. The maximum absolute atomic E-state index is 13.6. The molecule has 3 rings (SSSR count). The van der Waals surface area contributed by atoms with E-state index in [1.165, 1.54) is 6.07 Å². The zero-order chi connectivity index (χ0) is 19.1. The van der Waals surface area contributed by atoms with Gasteiger partial charge in [-0.25, -0.2) is 4.39 Å². The molecule has 27 heavy (non-hydrogen) atoms. The van der Waals surface area contributed by atoms with Crippen molar-refractivity contribution in [1.82, 2.24) is 20.0 Å². The number of carbonyl (C=O) groups excluding carboxylic acids is 1. The molecule has 1 atom stereocenters. The molecule has 2 aromatic rings. The fourth-order valence-corrected chi connectivity index (χ4v) is 3.52. The molecule has 0 spiro atoms. The predicted molar refractivity (Wildman–Crippen MR) is 101 cm³/mol. The Morgan fingerprint density at radius 3 is 2.74 bits per heavy atom. The summed E-state index contributed by atoms with van der Waals surface area (Å²) >= 11 is 0. The van der Waals surface area contributed by atoms with Crippen LogP contribution in [0.3, 0.4) is 0 Å². The van der Waals surface area contributed by atoms with E-state index in [4.69, 9.17) is 0 Å². The number of nitrogens with zero attached hydrogens (tertiary/aromatic N) is 3. The quantitative estimate of drug-likeness (QED) is 0.734. The molecule has 0 radical (unpaired) electrons. The largest absolute Gasteiger partial charge is 0.390 e. The summed E-state index contributed by atoms with van der Waals surface area (Å²) in [5.41, 5.74) is 0.624. The monoisotopic (exact) mass is 374 g/mol. The van der Waals surface area contributed by atoms with E-state index in [2.05, 4.69) is 15.3 Å². The van der Waals surface area contributed by atoms with Crippen LogP contribution >= 0.6 is 0 Å². The lowest BCUT2D eigenvalue weighted by Gasteiger charge is -2.32. The lowest BCUT2D eigenvalue weighted by atomic mass is 9.95. The average molecular weight is 374 g/mol. The van der Waals surface area contributed by atoms with Crippen molar-refractivity contribution < 1.29 is 14.3 Å². The third-order valence-corrected chi connectivity index (χ3v) is 5.04. The minimum atomic E-state index is -0.476. The Balaban J connectivity index is 1.34. The summed E-state index contributed by atoms with van der Waals surface area (Å²) in [5.74, 6) is -0.193. The predicted octanol–water partition coefficient (Wildman–Crippen LogP) is 1.45. The van der Waals surface area contributed by atoms with Gasteiger partial charge in [0.2, 0.25) is 5.91 Å². The van der Waals surface area contributed by atoms with Gasteiger partial charge in [-0.1, -0.05) is 18.2 Å². The van der Waals surface area contributed by atoms with Crippen molar-refractivity contribution in [1.29, 1.82) is 0 Å². The molecule has 0 saturated carbocycles. The number of benzene rings is 1. The first-order chi connectivity index (χ1) is 13.1. The molecular weight excluding hydrogens is 347 g/mol. The first kappa shape index (κ1) is 19.5. The van der Waals surface area contributed by atoms with Gasteiger partial charge in [-0.3, -0.25) is 9.48 Å². The molecule has 1 amide bonds. The Labute approximate surface area is 159 Å². The summed E-state index contributed by atoms with van der Waals surface area (Å²) in [4.78, 5) is 14.5. The summed E-state index contributed by atoms with van der Waals surface area (Å²) in [6.07, 6.45) is 5.11. The maximum atomic E-state index is 13.6. The van der Waals surface area contributed by atoms with Crippen LogP contribution in [0.15, 0.2) is 42.7 Å². The number of rotatable bonds is 8.